The lowest BCUT2D eigenvalue weighted by Crippen LogP contribution is -2.00. The zero-order valence-electron chi connectivity index (χ0n) is 26.7. The van der Waals surface area contributed by atoms with Crippen molar-refractivity contribution in [3.8, 4) is 56.4 Å². The Balaban J connectivity index is 1.24. The molecule has 0 aliphatic rings. The molecule has 0 saturated carbocycles. The van der Waals surface area contributed by atoms with Crippen molar-refractivity contribution in [3.63, 3.8) is 0 Å². The van der Waals surface area contributed by atoms with E-state index in [9.17, 15) is 0 Å². The van der Waals surface area contributed by atoms with Crippen LogP contribution in [0.3, 0.4) is 0 Å². The minimum Gasteiger partial charge on any atom is -0.456 e. The third-order valence-corrected chi connectivity index (χ3v) is 10.5. The van der Waals surface area contributed by atoms with Gasteiger partial charge in [0.1, 0.15) is 11.2 Å². The maximum atomic E-state index is 6.55. The molecule has 0 saturated heterocycles. The molecule has 0 spiro atoms. The van der Waals surface area contributed by atoms with Crippen molar-refractivity contribution >= 4 is 53.4 Å². The topological polar surface area (TPSA) is 51.8 Å². The largest absolute Gasteiger partial charge is 0.456 e. The van der Waals surface area contributed by atoms with Gasteiger partial charge in [0.25, 0.3) is 0 Å². The van der Waals surface area contributed by atoms with E-state index in [0.717, 1.165) is 60.7 Å². The zero-order valence-corrected chi connectivity index (χ0v) is 27.6. The first-order valence-electron chi connectivity index (χ1n) is 16.6. The van der Waals surface area contributed by atoms with E-state index in [-0.39, 0.29) is 0 Å². The van der Waals surface area contributed by atoms with E-state index in [1.807, 2.05) is 42.5 Å². The van der Waals surface area contributed by atoms with E-state index in [0.29, 0.717) is 17.5 Å². The Morgan fingerprint density at radius 1 is 0.360 bits per heavy atom. The third-order valence-electron chi connectivity index (χ3n) is 9.35. The number of hydrogen-bond acceptors (Lipinski definition) is 5. The van der Waals surface area contributed by atoms with Crippen LogP contribution in [0, 0.1) is 0 Å². The molecule has 0 aliphatic heterocycles. The van der Waals surface area contributed by atoms with E-state index < -0.39 is 0 Å². The van der Waals surface area contributed by atoms with Gasteiger partial charge in [-0.1, -0.05) is 133 Å². The summed E-state index contributed by atoms with van der Waals surface area (Å²) in [7, 11) is 0. The molecule has 10 aromatic rings. The van der Waals surface area contributed by atoms with Gasteiger partial charge < -0.3 is 4.42 Å². The highest BCUT2D eigenvalue weighted by Gasteiger charge is 2.21. The number of furan rings is 1. The van der Waals surface area contributed by atoms with Gasteiger partial charge in [-0.3, -0.25) is 0 Å². The highest BCUT2D eigenvalue weighted by molar-refractivity contribution is 7.25. The Morgan fingerprint density at radius 2 is 0.880 bits per heavy atom. The van der Waals surface area contributed by atoms with E-state index >= 15 is 0 Å². The normalized spacial score (nSPS) is 11.6. The first-order chi connectivity index (χ1) is 24.8. The number of aromatic nitrogens is 3. The van der Waals surface area contributed by atoms with Crippen molar-refractivity contribution in [3.05, 3.63) is 164 Å². The minimum absolute atomic E-state index is 0.603. The van der Waals surface area contributed by atoms with E-state index in [2.05, 4.69) is 121 Å². The van der Waals surface area contributed by atoms with Gasteiger partial charge in [0, 0.05) is 47.6 Å². The van der Waals surface area contributed by atoms with Crippen molar-refractivity contribution in [2.24, 2.45) is 0 Å². The van der Waals surface area contributed by atoms with Crippen LogP contribution >= 0.6 is 11.3 Å². The van der Waals surface area contributed by atoms with Crippen LogP contribution in [0.1, 0.15) is 0 Å². The lowest BCUT2D eigenvalue weighted by molar-refractivity contribution is 0.669. The molecular formula is C45H27N3OS. The van der Waals surface area contributed by atoms with Crippen molar-refractivity contribution in [1.82, 2.24) is 15.0 Å². The summed E-state index contributed by atoms with van der Waals surface area (Å²) in [6.07, 6.45) is 0. The standard InChI is InChI=1S/C45H27N3OS/c1-3-13-28(14-4-1)30-17-9-18-31(27-30)32-20-10-23-36-41(32)42-35(21-11-24-37(42)49-36)45-47-43(29-15-5-2-6-16-29)46-44(48-45)34-22-12-26-39-40(34)33-19-7-8-25-38(33)50-39/h1-27H. The molecule has 0 aliphatic carbocycles. The fourth-order valence-electron chi connectivity index (χ4n) is 7.08. The van der Waals surface area contributed by atoms with Gasteiger partial charge in [-0.25, -0.2) is 15.0 Å². The summed E-state index contributed by atoms with van der Waals surface area (Å²) in [5, 5.41) is 4.39. The summed E-state index contributed by atoms with van der Waals surface area (Å²) in [4.78, 5) is 15.6. The van der Waals surface area contributed by atoms with Gasteiger partial charge in [0.2, 0.25) is 0 Å². The Bertz CT molecular complexity index is 2870. The molecule has 7 aromatic carbocycles. The summed E-state index contributed by atoms with van der Waals surface area (Å²) in [6, 6.07) is 56.7. The zero-order chi connectivity index (χ0) is 33.0. The maximum absolute atomic E-state index is 6.55. The molecule has 3 heterocycles. The molecule has 0 bridgehead atoms. The summed E-state index contributed by atoms with van der Waals surface area (Å²) in [6.45, 7) is 0. The second-order valence-electron chi connectivity index (χ2n) is 12.4. The van der Waals surface area contributed by atoms with Gasteiger partial charge in [0.05, 0.1) is 0 Å². The van der Waals surface area contributed by atoms with Gasteiger partial charge in [-0.2, -0.15) is 0 Å². The summed E-state index contributed by atoms with van der Waals surface area (Å²) in [5.41, 5.74) is 8.99. The number of thiophene rings is 1. The molecule has 0 fully saturated rings. The van der Waals surface area contributed by atoms with Crippen LogP contribution in [0.25, 0.3) is 98.5 Å². The Labute approximate surface area is 292 Å². The number of rotatable bonds is 5. The Morgan fingerprint density at radius 3 is 1.64 bits per heavy atom. The van der Waals surface area contributed by atoms with Crippen LogP contribution in [0.2, 0.25) is 0 Å². The van der Waals surface area contributed by atoms with Crippen molar-refractivity contribution in [1.29, 1.82) is 0 Å². The number of nitrogens with zero attached hydrogens (tertiary/aromatic N) is 3. The smallest absolute Gasteiger partial charge is 0.164 e. The van der Waals surface area contributed by atoms with Gasteiger partial charge in [0.15, 0.2) is 17.5 Å². The molecule has 3 aromatic heterocycles. The van der Waals surface area contributed by atoms with Crippen LogP contribution < -0.4 is 0 Å². The summed E-state index contributed by atoms with van der Waals surface area (Å²) >= 11 is 1.79. The van der Waals surface area contributed by atoms with Crippen LogP contribution in [0.15, 0.2) is 168 Å². The quantitative estimate of drug-likeness (QED) is 0.185. The van der Waals surface area contributed by atoms with E-state index in [1.165, 1.54) is 20.3 Å². The van der Waals surface area contributed by atoms with E-state index in [4.69, 9.17) is 19.4 Å². The molecule has 4 nitrogen and oxygen atoms in total. The second-order valence-corrected chi connectivity index (χ2v) is 13.4. The molecule has 5 heteroatoms. The molecule has 0 unspecified atom stereocenters. The van der Waals surface area contributed by atoms with Crippen LogP contribution in [-0.2, 0) is 0 Å². The lowest BCUT2D eigenvalue weighted by Gasteiger charge is -2.11. The number of benzene rings is 7. The Hall–Kier alpha value is -6.43. The predicted molar refractivity (Wildman–Crippen MR) is 207 cm³/mol. The molecule has 0 N–H and O–H groups in total. The Kier molecular flexibility index (Phi) is 6.64. The monoisotopic (exact) mass is 657 g/mol. The fourth-order valence-corrected chi connectivity index (χ4v) is 8.22. The van der Waals surface area contributed by atoms with Crippen molar-refractivity contribution < 1.29 is 4.42 Å². The minimum atomic E-state index is 0.603. The average molecular weight is 658 g/mol. The summed E-state index contributed by atoms with van der Waals surface area (Å²) in [5.74, 6) is 1.87. The highest BCUT2D eigenvalue weighted by Crippen LogP contribution is 2.43. The molecule has 0 atom stereocenters. The number of hydrogen-bond donors (Lipinski definition) is 0. The second kappa shape index (κ2) is 11.6. The summed E-state index contributed by atoms with van der Waals surface area (Å²) < 4.78 is 8.99. The molecule has 50 heavy (non-hydrogen) atoms. The molecule has 10 rings (SSSR count). The van der Waals surface area contributed by atoms with Crippen LogP contribution in [-0.4, -0.2) is 15.0 Å². The van der Waals surface area contributed by atoms with Gasteiger partial charge in [-0.05, 0) is 52.6 Å². The SMILES string of the molecule is c1ccc(-c2cccc(-c3cccc4oc5cccc(-c6nc(-c7ccccc7)nc(-c7cccc8sc9ccccc9c78)n6)c5c34)c2)cc1. The average Bonchev–Trinajstić information content (AvgIpc) is 3.77. The molecule has 234 valence electrons. The third kappa shape index (κ3) is 4.71. The number of fused-ring (bicyclic) bond motifs is 6. The lowest BCUT2D eigenvalue weighted by atomic mass is 9.94. The fraction of sp³-hybridized carbons (Fsp3) is 0. The van der Waals surface area contributed by atoms with Crippen LogP contribution in [0.4, 0.5) is 0 Å². The van der Waals surface area contributed by atoms with Gasteiger partial charge >= 0.3 is 0 Å². The molecular weight excluding hydrogens is 631 g/mol. The molecule has 0 radical (unpaired) electrons. The van der Waals surface area contributed by atoms with Crippen LogP contribution in [0.5, 0.6) is 0 Å². The first kappa shape index (κ1) is 28.6. The molecule has 0 amide bonds. The van der Waals surface area contributed by atoms with Crippen molar-refractivity contribution in [2.45, 2.75) is 0 Å². The highest BCUT2D eigenvalue weighted by atomic mass is 32.1. The van der Waals surface area contributed by atoms with Crippen molar-refractivity contribution in [2.75, 3.05) is 0 Å². The maximum Gasteiger partial charge on any atom is 0.164 e. The first-order valence-corrected chi connectivity index (χ1v) is 17.4. The van der Waals surface area contributed by atoms with Gasteiger partial charge in [-0.15, -0.1) is 11.3 Å². The van der Waals surface area contributed by atoms with E-state index in [1.54, 1.807) is 11.3 Å². The predicted octanol–water partition coefficient (Wildman–Crippen LogP) is 12.5.